The van der Waals surface area contributed by atoms with E-state index in [0.29, 0.717) is 29.4 Å². The lowest BCUT2D eigenvalue weighted by molar-refractivity contribution is -0.125. The van der Waals surface area contributed by atoms with Gasteiger partial charge in [-0.1, -0.05) is 17.7 Å². The number of carbonyl (C=O) groups is 2. The van der Waals surface area contributed by atoms with Crippen LogP contribution in [-0.2, 0) is 16.1 Å². The molecule has 2 aromatic rings. The van der Waals surface area contributed by atoms with Crippen LogP contribution >= 0.6 is 11.6 Å². The molecule has 120 valence electrons. The van der Waals surface area contributed by atoms with Crippen LogP contribution in [0.25, 0.3) is 0 Å². The largest absolute Gasteiger partial charge is 0.467 e. The van der Waals surface area contributed by atoms with Gasteiger partial charge < -0.3 is 15.1 Å². The van der Waals surface area contributed by atoms with Crippen molar-refractivity contribution in [3.8, 4) is 0 Å². The zero-order valence-corrected chi connectivity index (χ0v) is 13.4. The number of carbonyl (C=O) groups excluding carboxylic acids is 2. The summed E-state index contributed by atoms with van der Waals surface area (Å²) in [5, 5.41) is 6.19. The fourth-order valence-electron chi connectivity index (χ4n) is 2.45. The molecule has 2 amide bonds. The Bertz CT molecular complexity index is 727. The second kappa shape index (κ2) is 6.46. The van der Waals surface area contributed by atoms with Gasteiger partial charge >= 0.3 is 0 Å². The van der Waals surface area contributed by atoms with Crippen LogP contribution < -0.4 is 10.6 Å². The molecule has 0 saturated heterocycles. The minimum absolute atomic E-state index is 0.121. The van der Waals surface area contributed by atoms with E-state index in [2.05, 4.69) is 10.6 Å². The van der Waals surface area contributed by atoms with E-state index in [0.717, 1.165) is 5.56 Å². The van der Waals surface area contributed by atoms with Crippen molar-refractivity contribution in [2.24, 2.45) is 11.8 Å². The van der Waals surface area contributed by atoms with Crippen molar-refractivity contribution >= 4 is 29.1 Å². The molecule has 1 aliphatic carbocycles. The summed E-state index contributed by atoms with van der Waals surface area (Å²) >= 11 is 5.94. The second-order valence-electron chi connectivity index (χ2n) is 5.69. The van der Waals surface area contributed by atoms with Crippen LogP contribution in [0.2, 0.25) is 5.02 Å². The van der Waals surface area contributed by atoms with Gasteiger partial charge in [0, 0.05) is 10.7 Å². The normalized spacial score (nSPS) is 19.2. The zero-order valence-electron chi connectivity index (χ0n) is 12.6. The van der Waals surface area contributed by atoms with Crippen LogP contribution in [0, 0.1) is 18.8 Å². The van der Waals surface area contributed by atoms with Crippen LogP contribution in [-0.4, -0.2) is 11.8 Å². The molecular formula is C17H17ClN2O3. The number of halogens is 1. The van der Waals surface area contributed by atoms with E-state index in [-0.39, 0.29) is 23.7 Å². The average molecular weight is 333 g/mol. The van der Waals surface area contributed by atoms with Crippen LogP contribution in [0.15, 0.2) is 41.0 Å². The SMILES string of the molecule is Cc1ccc(Cl)cc1NC(=O)C1CC1C(=O)NCc1ccco1. The molecule has 2 N–H and O–H groups in total. The number of hydrogen-bond donors (Lipinski definition) is 2. The van der Waals surface area contributed by atoms with Gasteiger partial charge in [-0.15, -0.1) is 0 Å². The zero-order chi connectivity index (χ0) is 16.4. The Morgan fingerprint density at radius 2 is 2.04 bits per heavy atom. The molecule has 1 aromatic heterocycles. The van der Waals surface area contributed by atoms with Crippen molar-refractivity contribution in [3.05, 3.63) is 52.9 Å². The summed E-state index contributed by atoms with van der Waals surface area (Å²) in [5.74, 6) is -0.137. The Morgan fingerprint density at radius 3 is 2.78 bits per heavy atom. The summed E-state index contributed by atoms with van der Waals surface area (Å²) in [6.45, 7) is 2.23. The van der Waals surface area contributed by atoms with E-state index in [1.54, 1.807) is 30.5 Å². The van der Waals surface area contributed by atoms with E-state index in [4.69, 9.17) is 16.0 Å². The van der Waals surface area contributed by atoms with Crippen molar-refractivity contribution in [1.29, 1.82) is 0 Å². The number of aryl methyl sites for hydroxylation is 1. The Balaban J connectivity index is 1.52. The summed E-state index contributed by atoms with van der Waals surface area (Å²) in [6.07, 6.45) is 2.12. The third-order valence-electron chi connectivity index (χ3n) is 3.94. The van der Waals surface area contributed by atoms with Gasteiger partial charge in [-0.05, 0) is 43.2 Å². The maximum atomic E-state index is 12.2. The fourth-order valence-corrected chi connectivity index (χ4v) is 2.62. The van der Waals surface area contributed by atoms with E-state index < -0.39 is 0 Å². The average Bonchev–Trinajstić information content (AvgIpc) is 3.17. The van der Waals surface area contributed by atoms with E-state index in [1.807, 2.05) is 13.0 Å². The van der Waals surface area contributed by atoms with E-state index >= 15 is 0 Å². The quantitative estimate of drug-likeness (QED) is 0.883. The molecule has 1 fully saturated rings. The highest BCUT2D eigenvalue weighted by molar-refractivity contribution is 6.31. The lowest BCUT2D eigenvalue weighted by atomic mass is 10.2. The van der Waals surface area contributed by atoms with Crippen LogP contribution in [0.3, 0.4) is 0 Å². The number of amides is 2. The molecule has 0 aliphatic heterocycles. The predicted octanol–water partition coefficient (Wildman–Crippen LogP) is 3.13. The van der Waals surface area contributed by atoms with Crippen molar-refractivity contribution < 1.29 is 14.0 Å². The standard InChI is InChI=1S/C17H17ClN2O3/c1-10-4-5-11(18)7-15(10)20-17(22)14-8-13(14)16(21)19-9-12-3-2-6-23-12/h2-7,13-14H,8-9H2,1H3,(H,19,21)(H,20,22). The molecule has 1 aliphatic rings. The summed E-state index contributed by atoms with van der Waals surface area (Å²) in [6, 6.07) is 8.89. The van der Waals surface area contributed by atoms with Crippen LogP contribution in [0.1, 0.15) is 17.7 Å². The Hall–Kier alpha value is -2.27. The second-order valence-corrected chi connectivity index (χ2v) is 6.13. The number of rotatable bonds is 5. The van der Waals surface area contributed by atoms with Crippen LogP contribution in [0.5, 0.6) is 0 Å². The molecule has 2 atom stereocenters. The molecule has 0 bridgehead atoms. The monoisotopic (exact) mass is 332 g/mol. The van der Waals surface area contributed by atoms with E-state index in [1.165, 1.54) is 0 Å². The molecule has 0 radical (unpaired) electrons. The van der Waals surface area contributed by atoms with Gasteiger partial charge in [0.2, 0.25) is 11.8 Å². The highest BCUT2D eigenvalue weighted by Gasteiger charge is 2.48. The van der Waals surface area contributed by atoms with Crippen LogP contribution in [0.4, 0.5) is 5.69 Å². The van der Waals surface area contributed by atoms with Gasteiger partial charge in [-0.2, -0.15) is 0 Å². The van der Waals surface area contributed by atoms with Gasteiger partial charge in [0.15, 0.2) is 0 Å². The molecule has 1 saturated carbocycles. The minimum atomic E-state index is -0.287. The number of nitrogens with one attached hydrogen (secondary N) is 2. The van der Waals surface area contributed by atoms with Gasteiger partial charge in [0.05, 0.1) is 24.6 Å². The lowest BCUT2D eigenvalue weighted by Gasteiger charge is -2.08. The summed E-state index contributed by atoms with van der Waals surface area (Å²) in [7, 11) is 0. The number of anilines is 1. The third-order valence-corrected chi connectivity index (χ3v) is 4.17. The maximum absolute atomic E-state index is 12.2. The predicted molar refractivity (Wildman–Crippen MR) is 87.0 cm³/mol. The smallest absolute Gasteiger partial charge is 0.228 e. The number of benzene rings is 1. The van der Waals surface area contributed by atoms with Crippen molar-refractivity contribution in [2.45, 2.75) is 19.9 Å². The van der Waals surface area contributed by atoms with Gasteiger partial charge in [-0.3, -0.25) is 9.59 Å². The molecule has 5 nitrogen and oxygen atoms in total. The van der Waals surface area contributed by atoms with Crippen molar-refractivity contribution in [2.75, 3.05) is 5.32 Å². The van der Waals surface area contributed by atoms with Crippen molar-refractivity contribution in [3.63, 3.8) is 0 Å². The van der Waals surface area contributed by atoms with Gasteiger partial charge in [0.25, 0.3) is 0 Å². The molecule has 23 heavy (non-hydrogen) atoms. The van der Waals surface area contributed by atoms with Gasteiger partial charge in [-0.25, -0.2) is 0 Å². The Morgan fingerprint density at radius 1 is 1.26 bits per heavy atom. The highest BCUT2D eigenvalue weighted by atomic mass is 35.5. The first-order valence-electron chi connectivity index (χ1n) is 7.41. The van der Waals surface area contributed by atoms with Gasteiger partial charge in [0.1, 0.15) is 5.76 Å². The molecular weight excluding hydrogens is 316 g/mol. The first kappa shape index (κ1) is 15.6. The molecule has 6 heteroatoms. The molecule has 1 aromatic carbocycles. The highest BCUT2D eigenvalue weighted by Crippen LogP contribution is 2.39. The topological polar surface area (TPSA) is 71.3 Å². The summed E-state index contributed by atoms with van der Waals surface area (Å²) in [5.41, 5.74) is 1.62. The molecule has 1 heterocycles. The summed E-state index contributed by atoms with van der Waals surface area (Å²) in [4.78, 5) is 24.3. The number of furan rings is 1. The first-order valence-corrected chi connectivity index (χ1v) is 7.79. The minimum Gasteiger partial charge on any atom is -0.467 e. The first-order chi connectivity index (χ1) is 11.0. The van der Waals surface area contributed by atoms with E-state index in [9.17, 15) is 9.59 Å². The lowest BCUT2D eigenvalue weighted by Crippen LogP contribution is -2.27. The fraction of sp³-hybridized carbons (Fsp3) is 0.294. The molecule has 2 unspecified atom stereocenters. The third kappa shape index (κ3) is 3.74. The number of hydrogen-bond acceptors (Lipinski definition) is 3. The summed E-state index contributed by atoms with van der Waals surface area (Å²) < 4.78 is 5.16. The Kier molecular flexibility index (Phi) is 4.39. The Labute approximate surface area is 139 Å². The van der Waals surface area contributed by atoms with Crippen molar-refractivity contribution in [1.82, 2.24) is 5.32 Å². The molecule has 0 spiro atoms. The molecule has 3 rings (SSSR count). The maximum Gasteiger partial charge on any atom is 0.228 e.